The van der Waals surface area contributed by atoms with Gasteiger partial charge >= 0.3 is 0 Å². The molecule has 3 N–H and O–H groups in total. The van der Waals surface area contributed by atoms with Crippen LogP contribution in [0.4, 0.5) is 0 Å². The number of nitrogens with two attached hydrogens (primary N) is 1. The van der Waals surface area contributed by atoms with E-state index in [4.69, 9.17) is 31.9 Å². The lowest BCUT2D eigenvalue weighted by Gasteiger charge is -2.23. The minimum Gasteiger partial charge on any atom is -0.486 e. The third-order valence-electron chi connectivity index (χ3n) is 2.66. The van der Waals surface area contributed by atoms with Crippen molar-refractivity contribution in [2.75, 3.05) is 19.8 Å². The zero-order chi connectivity index (χ0) is 11.7. The fraction of sp³-hybridized carbons (Fsp3) is 0.455. The fourth-order valence-corrected chi connectivity index (χ4v) is 2.00. The molecular formula is C11H14ClNO3. The van der Waals surface area contributed by atoms with Crippen LogP contribution >= 0.6 is 11.6 Å². The van der Waals surface area contributed by atoms with Gasteiger partial charge in [0.2, 0.25) is 0 Å². The molecule has 2 rings (SSSR count). The van der Waals surface area contributed by atoms with Gasteiger partial charge in [0.1, 0.15) is 13.2 Å². The van der Waals surface area contributed by atoms with E-state index in [1.54, 1.807) is 6.07 Å². The molecule has 5 heteroatoms. The Kier molecular flexibility index (Phi) is 3.23. The zero-order valence-electron chi connectivity index (χ0n) is 9.00. The van der Waals surface area contributed by atoms with Crippen LogP contribution in [0.5, 0.6) is 11.5 Å². The summed E-state index contributed by atoms with van der Waals surface area (Å²) in [5, 5.41) is 9.58. The monoisotopic (exact) mass is 243 g/mol. The summed E-state index contributed by atoms with van der Waals surface area (Å²) in [6, 6.07) is 1.34. The normalized spacial score (nSPS) is 16.0. The molecule has 4 nitrogen and oxygen atoms in total. The highest BCUT2D eigenvalue weighted by Gasteiger charge is 2.21. The lowest BCUT2D eigenvalue weighted by molar-refractivity contribution is 0.171. The standard InChI is InChI=1S/C11H14ClNO3/c1-6-7(8(13)5-14)4-9-11(10(6)12)16-3-2-15-9/h4,8,14H,2-3,5,13H2,1H3. The number of fused-ring (bicyclic) bond motifs is 1. The maximum absolute atomic E-state index is 9.07. The van der Waals surface area contributed by atoms with Crippen LogP contribution in [0.1, 0.15) is 17.2 Å². The predicted molar refractivity (Wildman–Crippen MR) is 61.2 cm³/mol. The molecule has 1 aliphatic heterocycles. The Labute approximate surface area is 98.9 Å². The van der Waals surface area contributed by atoms with E-state index in [0.717, 1.165) is 11.1 Å². The van der Waals surface area contributed by atoms with Gasteiger partial charge in [0.25, 0.3) is 0 Å². The van der Waals surface area contributed by atoms with Gasteiger partial charge in [-0.1, -0.05) is 11.6 Å². The second-order valence-corrected chi connectivity index (χ2v) is 4.10. The summed E-state index contributed by atoms with van der Waals surface area (Å²) in [5.41, 5.74) is 7.41. The van der Waals surface area contributed by atoms with Gasteiger partial charge in [0.15, 0.2) is 11.5 Å². The van der Waals surface area contributed by atoms with Crippen LogP contribution in [0.2, 0.25) is 5.02 Å². The lowest BCUT2D eigenvalue weighted by atomic mass is 10.0. The Hall–Kier alpha value is -0.970. The van der Waals surface area contributed by atoms with Crippen LogP contribution in [0, 0.1) is 6.92 Å². The molecule has 0 aromatic heterocycles. The van der Waals surface area contributed by atoms with Gasteiger partial charge in [0.05, 0.1) is 17.7 Å². The van der Waals surface area contributed by atoms with Crippen molar-refractivity contribution in [2.24, 2.45) is 5.73 Å². The van der Waals surface area contributed by atoms with Crippen molar-refractivity contribution < 1.29 is 14.6 Å². The van der Waals surface area contributed by atoms with E-state index in [9.17, 15) is 0 Å². The molecule has 1 aromatic rings. The molecular weight excluding hydrogens is 230 g/mol. The summed E-state index contributed by atoms with van der Waals surface area (Å²) in [5.74, 6) is 1.17. The second-order valence-electron chi connectivity index (χ2n) is 3.72. The van der Waals surface area contributed by atoms with E-state index >= 15 is 0 Å². The van der Waals surface area contributed by atoms with Gasteiger partial charge < -0.3 is 20.3 Å². The molecule has 1 aliphatic rings. The Morgan fingerprint density at radius 1 is 1.50 bits per heavy atom. The molecule has 88 valence electrons. The van der Waals surface area contributed by atoms with E-state index in [2.05, 4.69) is 0 Å². The van der Waals surface area contributed by atoms with Gasteiger partial charge in [-0.15, -0.1) is 0 Å². The molecule has 0 saturated carbocycles. The van der Waals surface area contributed by atoms with Crippen molar-refractivity contribution in [1.82, 2.24) is 0 Å². The topological polar surface area (TPSA) is 64.7 Å². The molecule has 0 amide bonds. The summed E-state index contributed by atoms with van der Waals surface area (Å²) in [4.78, 5) is 0. The van der Waals surface area contributed by atoms with Crippen LogP contribution in [0.25, 0.3) is 0 Å². The van der Waals surface area contributed by atoms with E-state index in [0.29, 0.717) is 29.7 Å². The van der Waals surface area contributed by atoms with Crippen molar-refractivity contribution in [1.29, 1.82) is 0 Å². The van der Waals surface area contributed by atoms with Crippen molar-refractivity contribution >= 4 is 11.6 Å². The number of hydrogen-bond donors (Lipinski definition) is 2. The Morgan fingerprint density at radius 2 is 2.19 bits per heavy atom. The minimum absolute atomic E-state index is 0.128. The van der Waals surface area contributed by atoms with Crippen LogP contribution in [-0.2, 0) is 0 Å². The Bertz CT molecular complexity index is 409. The van der Waals surface area contributed by atoms with Crippen LogP contribution < -0.4 is 15.2 Å². The van der Waals surface area contributed by atoms with E-state index in [1.165, 1.54) is 0 Å². The van der Waals surface area contributed by atoms with Crippen LogP contribution in [-0.4, -0.2) is 24.9 Å². The Balaban J connectivity index is 2.52. The predicted octanol–water partition coefficient (Wildman–Crippen LogP) is 1.41. The molecule has 16 heavy (non-hydrogen) atoms. The number of aliphatic hydroxyl groups excluding tert-OH is 1. The van der Waals surface area contributed by atoms with Crippen molar-refractivity contribution in [3.63, 3.8) is 0 Å². The fourth-order valence-electron chi connectivity index (χ4n) is 1.74. The quantitative estimate of drug-likeness (QED) is 0.825. The molecule has 1 unspecified atom stereocenters. The first kappa shape index (κ1) is 11.5. The average Bonchev–Trinajstić information content (AvgIpc) is 2.33. The lowest BCUT2D eigenvalue weighted by Crippen LogP contribution is -2.19. The van der Waals surface area contributed by atoms with Gasteiger partial charge in [-0.3, -0.25) is 0 Å². The summed E-state index contributed by atoms with van der Waals surface area (Å²) >= 11 is 6.18. The third kappa shape index (κ3) is 1.84. The van der Waals surface area contributed by atoms with E-state index < -0.39 is 6.04 Å². The second kappa shape index (κ2) is 4.49. The first-order valence-corrected chi connectivity index (χ1v) is 5.48. The van der Waals surface area contributed by atoms with Gasteiger partial charge in [-0.2, -0.15) is 0 Å². The first-order chi connectivity index (χ1) is 7.65. The number of aliphatic hydroxyl groups is 1. The van der Waals surface area contributed by atoms with Gasteiger partial charge in [-0.25, -0.2) is 0 Å². The third-order valence-corrected chi connectivity index (χ3v) is 3.11. The van der Waals surface area contributed by atoms with E-state index in [-0.39, 0.29) is 6.61 Å². The molecule has 0 bridgehead atoms. The molecule has 0 radical (unpaired) electrons. The number of hydrogen-bond acceptors (Lipinski definition) is 4. The SMILES string of the molecule is Cc1c(C(N)CO)cc2c(c1Cl)OCCO2. The smallest absolute Gasteiger partial charge is 0.180 e. The molecule has 1 aromatic carbocycles. The first-order valence-electron chi connectivity index (χ1n) is 5.10. The number of ether oxygens (including phenoxy) is 2. The highest BCUT2D eigenvalue weighted by Crippen LogP contribution is 2.42. The van der Waals surface area contributed by atoms with Crippen molar-refractivity contribution in [2.45, 2.75) is 13.0 Å². The number of halogens is 1. The molecule has 0 fully saturated rings. The highest BCUT2D eigenvalue weighted by atomic mass is 35.5. The van der Waals surface area contributed by atoms with E-state index in [1.807, 2.05) is 6.92 Å². The summed E-state index contributed by atoms with van der Waals surface area (Å²) in [6.07, 6.45) is 0. The van der Waals surface area contributed by atoms with Crippen molar-refractivity contribution in [3.05, 3.63) is 22.2 Å². The summed E-state index contributed by atoms with van der Waals surface area (Å²) in [6.45, 7) is 2.72. The minimum atomic E-state index is -0.451. The van der Waals surface area contributed by atoms with Crippen LogP contribution in [0.15, 0.2) is 6.07 Å². The average molecular weight is 244 g/mol. The maximum atomic E-state index is 9.07. The summed E-state index contributed by atoms with van der Waals surface area (Å²) < 4.78 is 10.9. The number of rotatable bonds is 2. The Morgan fingerprint density at radius 3 is 2.88 bits per heavy atom. The number of benzene rings is 1. The summed E-state index contributed by atoms with van der Waals surface area (Å²) in [7, 11) is 0. The molecule has 1 atom stereocenters. The molecule has 0 spiro atoms. The molecule has 0 saturated heterocycles. The largest absolute Gasteiger partial charge is 0.486 e. The molecule has 0 aliphatic carbocycles. The van der Waals surface area contributed by atoms with Gasteiger partial charge in [0, 0.05) is 0 Å². The maximum Gasteiger partial charge on any atom is 0.180 e. The highest BCUT2D eigenvalue weighted by molar-refractivity contribution is 6.33. The van der Waals surface area contributed by atoms with Crippen molar-refractivity contribution in [3.8, 4) is 11.5 Å². The molecule has 1 heterocycles. The van der Waals surface area contributed by atoms with Gasteiger partial charge in [-0.05, 0) is 24.1 Å². The zero-order valence-corrected chi connectivity index (χ0v) is 9.75. The van der Waals surface area contributed by atoms with Crippen LogP contribution in [0.3, 0.4) is 0 Å².